The van der Waals surface area contributed by atoms with Crippen molar-refractivity contribution in [3.8, 4) is 5.75 Å². The minimum absolute atomic E-state index is 0.0902. The Labute approximate surface area is 120 Å². The largest absolute Gasteiger partial charge is 0.496 e. The summed E-state index contributed by atoms with van der Waals surface area (Å²) >= 11 is 0. The zero-order valence-corrected chi connectivity index (χ0v) is 12.4. The van der Waals surface area contributed by atoms with E-state index in [0.29, 0.717) is 5.92 Å². The fourth-order valence-electron chi connectivity index (χ4n) is 2.85. The Kier molecular flexibility index (Phi) is 5.15. The van der Waals surface area contributed by atoms with E-state index in [-0.39, 0.29) is 5.78 Å². The molecule has 2 N–H and O–H groups in total. The number of hydrogen-bond donors (Lipinski definition) is 1. The van der Waals surface area contributed by atoms with E-state index >= 15 is 0 Å². The summed E-state index contributed by atoms with van der Waals surface area (Å²) < 4.78 is 5.41. The van der Waals surface area contributed by atoms with Gasteiger partial charge >= 0.3 is 0 Å². The number of rotatable bonds is 5. The molecule has 20 heavy (non-hydrogen) atoms. The topological polar surface area (TPSA) is 55.6 Å². The van der Waals surface area contributed by atoms with E-state index in [4.69, 9.17) is 10.5 Å². The third-order valence-corrected chi connectivity index (χ3v) is 4.02. The first-order valence-corrected chi connectivity index (χ1v) is 7.24. The van der Waals surface area contributed by atoms with Crippen molar-refractivity contribution in [2.45, 2.75) is 26.3 Å². The van der Waals surface area contributed by atoms with Gasteiger partial charge < -0.3 is 10.5 Å². The summed E-state index contributed by atoms with van der Waals surface area (Å²) in [6.45, 7) is 5.28. The number of likely N-dealkylation sites (tertiary alicyclic amines) is 1. The number of ether oxygens (including phenoxy) is 1. The normalized spacial score (nSPS) is 19.9. The average Bonchev–Trinajstić information content (AvgIpc) is 2.47. The van der Waals surface area contributed by atoms with Crippen LogP contribution in [0.5, 0.6) is 5.75 Å². The van der Waals surface area contributed by atoms with Crippen LogP contribution >= 0.6 is 0 Å². The van der Waals surface area contributed by atoms with E-state index < -0.39 is 0 Å². The molecule has 0 radical (unpaired) electrons. The highest BCUT2D eigenvalue weighted by Gasteiger charge is 2.20. The van der Waals surface area contributed by atoms with Gasteiger partial charge in [-0.05, 0) is 57.0 Å². The number of Topliss-reactive ketones (excluding diaryl/α,β-unsaturated/α-hetero) is 1. The van der Waals surface area contributed by atoms with Crippen LogP contribution < -0.4 is 10.5 Å². The minimum Gasteiger partial charge on any atom is -0.496 e. The summed E-state index contributed by atoms with van der Waals surface area (Å²) in [6, 6.07) is 5.66. The van der Waals surface area contributed by atoms with Crippen LogP contribution in [-0.4, -0.2) is 37.4 Å². The van der Waals surface area contributed by atoms with Crippen LogP contribution in [0.25, 0.3) is 0 Å². The summed E-state index contributed by atoms with van der Waals surface area (Å²) in [4.78, 5) is 13.9. The molecule has 0 aromatic heterocycles. The Bertz CT molecular complexity index is 474. The van der Waals surface area contributed by atoms with Gasteiger partial charge in [-0.3, -0.25) is 9.69 Å². The van der Waals surface area contributed by atoms with E-state index in [1.165, 1.54) is 12.8 Å². The molecule has 1 atom stereocenters. The average molecular weight is 276 g/mol. The number of nitrogens with zero attached hydrogens (tertiary/aromatic N) is 1. The van der Waals surface area contributed by atoms with Gasteiger partial charge in [0, 0.05) is 24.2 Å². The zero-order valence-electron chi connectivity index (χ0n) is 12.4. The van der Waals surface area contributed by atoms with E-state index in [1.807, 2.05) is 18.2 Å². The van der Waals surface area contributed by atoms with Crippen LogP contribution in [0.1, 0.15) is 35.7 Å². The smallest absolute Gasteiger partial charge is 0.159 e. The molecule has 0 aliphatic carbocycles. The number of hydrogen-bond acceptors (Lipinski definition) is 4. The summed E-state index contributed by atoms with van der Waals surface area (Å²) in [5, 5.41) is 0. The summed E-state index contributed by atoms with van der Waals surface area (Å²) in [6.07, 6.45) is 2.41. The summed E-state index contributed by atoms with van der Waals surface area (Å²) in [5.74, 6) is 1.53. The van der Waals surface area contributed by atoms with Gasteiger partial charge in [0.05, 0.1) is 7.11 Å². The molecule has 1 unspecified atom stereocenters. The Morgan fingerprint density at radius 2 is 2.30 bits per heavy atom. The first kappa shape index (κ1) is 15.0. The van der Waals surface area contributed by atoms with Crippen LogP contribution in [0.2, 0.25) is 0 Å². The fraction of sp³-hybridized carbons (Fsp3) is 0.562. The third-order valence-electron chi connectivity index (χ3n) is 4.02. The van der Waals surface area contributed by atoms with Crippen LogP contribution in [0.15, 0.2) is 18.2 Å². The standard InChI is InChI=1S/C16H24N2O2/c1-12(19)14-5-6-16(20-2)15(8-14)11-18-7-3-4-13(9-17)10-18/h5-6,8,13H,3-4,7,9-11,17H2,1-2H3. The minimum atomic E-state index is 0.0902. The molecule has 4 nitrogen and oxygen atoms in total. The van der Waals surface area contributed by atoms with Gasteiger partial charge in [0.1, 0.15) is 5.75 Å². The van der Waals surface area contributed by atoms with Crippen molar-refractivity contribution in [3.63, 3.8) is 0 Å². The van der Waals surface area contributed by atoms with Crippen molar-refractivity contribution in [2.24, 2.45) is 11.7 Å². The lowest BCUT2D eigenvalue weighted by molar-refractivity contribution is 0.101. The molecule has 1 aromatic carbocycles. The Morgan fingerprint density at radius 1 is 1.50 bits per heavy atom. The van der Waals surface area contributed by atoms with Crippen molar-refractivity contribution in [3.05, 3.63) is 29.3 Å². The zero-order chi connectivity index (χ0) is 14.5. The molecule has 2 rings (SSSR count). The lowest BCUT2D eigenvalue weighted by Gasteiger charge is -2.32. The van der Waals surface area contributed by atoms with Crippen molar-refractivity contribution in [1.82, 2.24) is 4.90 Å². The van der Waals surface area contributed by atoms with Crippen molar-refractivity contribution in [1.29, 1.82) is 0 Å². The molecule has 1 saturated heterocycles. The monoisotopic (exact) mass is 276 g/mol. The van der Waals surface area contributed by atoms with Gasteiger partial charge in [0.25, 0.3) is 0 Å². The highest BCUT2D eigenvalue weighted by Crippen LogP contribution is 2.24. The quantitative estimate of drug-likeness (QED) is 0.836. The van der Waals surface area contributed by atoms with Crippen LogP contribution in [0.4, 0.5) is 0 Å². The molecule has 1 aliphatic rings. The second kappa shape index (κ2) is 6.86. The lowest BCUT2D eigenvalue weighted by Crippen LogP contribution is -2.37. The molecule has 0 saturated carbocycles. The third kappa shape index (κ3) is 3.58. The van der Waals surface area contributed by atoms with Gasteiger partial charge in [-0.2, -0.15) is 0 Å². The van der Waals surface area contributed by atoms with Gasteiger partial charge in [-0.15, -0.1) is 0 Å². The first-order valence-electron chi connectivity index (χ1n) is 7.24. The first-order chi connectivity index (χ1) is 9.63. The number of ketones is 1. The van der Waals surface area contributed by atoms with E-state index in [9.17, 15) is 4.79 Å². The molecule has 0 spiro atoms. The SMILES string of the molecule is COc1ccc(C(C)=O)cc1CN1CCCC(CN)C1. The Hall–Kier alpha value is -1.39. The second-order valence-corrected chi connectivity index (χ2v) is 5.56. The number of nitrogens with two attached hydrogens (primary N) is 1. The lowest BCUT2D eigenvalue weighted by atomic mass is 9.97. The predicted molar refractivity (Wildman–Crippen MR) is 80.1 cm³/mol. The van der Waals surface area contributed by atoms with Gasteiger partial charge in [-0.1, -0.05) is 0 Å². The van der Waals surface area contributed by atoms with Crippen molar-refractivity contribution < 1.29 is 9.53 Å². The number of carbonyl (C=O) groups is 1. The van der Waals surface area contributed by atoms with E-state index in [1.54, 1.807) is 14.0 Å². The molecule has 110 valence electrons. The Balaban J connectivity index is 2.14. The van der Waals surface area contributed by atoms with Gasteiger partial charge in [-0.25, -0.2) is 0 Å². The summed E-state index contributed by atoms with van der Waals surface area (Å²) in [7, 11) is 1.67. The highest BCUT2D eigenvalue weighted by atomic mass is 16.5. The molecule has 0 bridgehead atoms. The maximum atomic E-state index is 11.5. The number of methoxy groups -OCH3 is 1. The second-order valence-electron chi connectivity index (χ2n) is 5.56. The summed E-state index contributed by atoms with van der Waals surface area (Å²) in [5.41, 5.74) is 7.61. The molecule has 0 amide bonds. The number of carbonyl (C=O) groups excluding carboxylic acids is 1. The van der Waals surface area contributed by atoms with Crippen molar-refractivity contribution in [2.75, 3.05) is 26.7 Å². The Morgan fingerprint density at radius 3 is 2.95 bits per heavy atom. The van der Waals surface area contributed by atoms with E-state index in [0.717, 1.165) is 43.1 Å². The molecule has 1 fully saturated rings. The molecule has 1 aliphatic heterocycles. The maximum Gasteiger partial charge on any atom is 0.159 e. The number of piperidine rings is 1. The van der Waals surface area contributed by atoms with Gasteiger partial charge in [0.15, 0.2) is 5.78 Å². The predicted octanol–water partition coefficient (Wildman–Crippen LogP) is 2.07. The maximum absolute atomic E-state index is 11.5. The van der Waals surface area contributed by atoms with E-state index in [2.05, 4.69) is 4.90 Å². The molecule has 1 aromatic rings. The van der Waals surface area contributed by atoms with Gasteiger partial charge in [0.2, 0.25) is 0 Å². The molecule has 1 heterocycles. The highest BCUT2D eigenvalue weighted by molar-refractivity contribution is 5.94. The van der Waals surface area contributed by atoms with Crippen molar-refractivity contribution >= 4 is 5.78 Å². The van der Waals surface area contributed by atoms with Crippen LogP contribution in [0, 0.1) is 5.92 Å². The fourth-order valence-corrected chi connectivity index (χ4v) is 2.85. The molecular formula is C16H24N2O2. The number of benzene rings is 1. The van der Waals surface area contributed by atoms with Crippen LogP contribution in [-0.2, 0) is 6.54 Å². The molecular weight excluding hydrogens is 252 g/mol. The molecule has 4 heteroatoms. The van der Waals surface area contributed by atoms with Crippen LogP contribution in [0.3, 0.4) is 0 Å².